The van der Waals surface area contributed by atoms with Crippen molar-refractivity contribution in [2.24, 2.45) is 0 Å². The number of aliphatic hydroxyl groups is 2. The Morgan fingerprint density at radius 2 is 2.10 bits per heavy atom. The quantitative estimate of drug-likeness (QED) is 0.720. The van der Waals surface area contributed by atoms with E-state index in [0.717, 1.165) is 4.88 Å². The minimum atomic E-state index is -1.51. The summed E-state index contributed by atoms with van der Waals surface area (Å²) in [5, 5.41) is 24.2. The minimum absolute atomic E-state index is 0.395. The minimum Gasteiger partial charge on any atom is -0.364 e. The van der Waals surface area contributed by atoms with E-state index in [1.165, 1.54) is 0 Å². The van der Waals surface area contributed by atoms with Crippen molar-refractivity contribution in [3.8, 4) is 11.4 Å². The number of aromatic nitrogens is 2. The van der Waals surface area contributed by atoms with Gasteiger partial charge in [-0.1, -0.05) is 29.4 Å². The summed E-state index contributed by atoms with van der Waals surface area (Å²) in [7, 11) is 0. The molecule has 2 N–H and O–H groups in total. The second-order valence-electron chi connectivity index (χ2n) is 4.27. The predicted molar refractivity (Wildman–Crippen MR) is 74.0 cm³/mol. The van der Waals surface area contributed by atoms with Crippen LogP contribution in [0.15, 0.2) is 46.3 Å². The summed E-state index contributed by atoms with van der Waals surface area (Å²) in [6.45, 7) is 0. The van der Waals surface area contributed by atoms with Gasteiger partial charge in [-0.2, -0.15) is 4.98 Å². The van der Waals surface area contributed by atoms with Crippen LogP contribution in [0.25, 0.3) is 11.4 Å². The van der Waals surface area contributed by atoms with Crippen LogP contribution in [0, 0.1) is 0 Å². The molecule has 5 nitrogen and oxygen atoms in total. The lowest BCUT2D eigenvalue weighted by atomic mass is 10.1. The Morgan fingerprint density at radius 3 is 2.85 bits per heavy atom. The Morgan fingerprint density at radius 1 is 1.20 bits per heavy atom. The lowest BCUT2D eigenvalue weighted by molar-refractivity contribution is -0.0424. The summed E-state index contributed by atoms with van der Waals surface area (Å²) >= 11 is 1.64. The molecule has 0 unspecified atom stereocenters. The van der Waals surface area contributed by atoms with Crippen LogP contribution in [-0.2, 0) is 6.42 Å². The molecule has 0 atom stereocenters. The molecule has 0 aliphatic carbocycles. The zero-order valence-electron chi connectivity index (χ0n) is 10.4. The fraction of sp³-hybridized carbons (Fsp3) is 0.143. The van der Waals surface area contributed by atoms with E-state index in [-0.39, 0.29) is 0 Å². The van der Waals surface area contributed by atoms with Crippen molar-refractivity contribution in [2.75, 3.05) is 0 Å². The van der Waals surface area contributed by atoms with Crippen molar-refractivity contribution in [3.63, 3.8) is 0 Å². The Balaban J connectivity index is 1.84. The standard InChI is InChI=1S/C14H12N2O3S/c17-14(18)10-4-1-3-9(7-10)13-15-12(19-16-13)8-11-5-2-6-20-11/h1-7,14,17-18H,8H2. The van der Waals surface area contributed by atoms with Gasteiger partial charge in [-0.15, -0.1) is 11.3 Å². The maximum atomic E-state index is 9.16. The molecule has 0 saturated carbocycles. The van der Waals surface area contributed by atoms with Gasteiger partial charge in [0.25, 0.3) is 0 Å². The van der Waals surface area contributed by atoms with Crippen molar-refractivity contribution in [2.45, 2.75) is 12.7 Å². The van der Waals surface area contributed by atoms with Gasteiger partial charge in [0.05, 0.1) is 6.42 Å². The average Bonchev–Trinajstić information content (AvgIpc) is 3.11. The van der Waals surface area contributed by atoms with Crippen LogP contribution >= 0.6 is 11.3 Å². The smallest absolute Gasteiger partial charge is 0.232 e. The van der Waals surface area contributed by atoms with E-state index >= 15 is 0 Å². The molecule has 3 aromatic rings. The van der Waals surface area contributed by atoms with E-state index in [1.54, 1.807) is 35.6 Å². The van der Waals surface area contributed by atoms with Gasteiger partial charge < -0.3 is 14.7 Å². The molecule has 2 heterocycles. The second-order valence-corrected chi connectivity index (χ2v) is 5.30. The molecule has 0 bridgehead atoms. The van der Waals surface area contributed by atoms with Crippen molar-refractivity contribution < 1.29 is 14.7 Å². The third-order valence-corrected chi connectivity index (χ3v) is 3.69. The molecule has 0 aliphatic rings. The Bertz CT molecular complexity index is 692. The largest absolute Gasteiger partial charge is 0.364 e. The van der Waals surface area contributed by atoms with E-state index in [4.69, 9.17) is 14.7 Å². The molecule has 0 fully saturated rings. The normalized spacial score (nSPS) is 11.2. The van der Waals surface area contributed by atoms with E-state index in [0.29, 0.717) is 29.3 Å². The SMILES string of the molecule is OC(O)c1cccc(-c2noc(Cc3cccs3)n2)c1. The Hall–Kier alpha value is -2.02. The predicted octanol–water partition coefficient (Wildman–Crippen LogP) is 2.37. The highest BCUT2D eigenvalue weighted by molar-refractivity contribution is 7.09. The molecule has 0 amide bonds. The molecule has 20 heavy (non-hydrogen) atoms. The number of rotatable bonds is 4. The van der Waals surface area contributed by atoms with Crippen molar-refractivity contribution in [3.05, 3.63) is 58.1 Å². The third-order valence-electron chi connectivity index (χ3n) is 2.82. The van der Waals surface area contributed by atoms with Crippen LogP contribution in [0.5, 0.6) is 0 Å². The van der Waals surface area contributed by atoms with Gasteiger partial charge in [0.2, 0.25) is 11.7 Å². The first-order valence-corrected chi connectivity index (χ1v) is 6.92. The first-order valence-electron chi connectivity index (χ1n) is 6.04. The van der Waals surface area contributed by atoms with E-state index in [2.05, 4.69) is 10.1 Å². The van der Waals surface area contributed by atoms with Gasteiger partial charge in [0.15, 0.2) is 6.29 Å². The van der Waals surface area contributed by atoms with Gasteiger partial charge >= 0.3 is 0 Å². The zero-order valence-corrected chi connectivity index (χ0v) is 11.2. The zero-order chi connectivity index (χ0) is 13.9. The number of benzene rings is 1. The molecule has 3 rings (SSSR count). The fourth-order valence-electron chi connectivity index (χ4n) is 1.84. The summed E-state index contributed by atoms with van der Waals surface area (Å²) in [5.41, 5.74) is 1.09. The number of thiophene rings is 1. The highest BCUT2D eigenvalue weighted by Gasteiger charge is 2.11. The lowest BCUT2D eigenvalue weighted by Gasteiger charge is -2.03. The highest BCUT2D eigenvalue weighted by Crippen LogP contribution is 2.21. The molecular formula is C14H12N2O3S. The molecule has 6 heteroatoms. The number of aliphatic hydroxyl groups excluding tert-OH is 1. The first kappa shape index (κ1) is 13.0. The fourth-order valence-corrected chi connectivity index (χ4v) is 2.54. The number of hydrogen-bond acceptors (Lipinski definition) is 6. The Kier molecular flexibility index (Phi) is 3.60. The van der Waals surface area contributed by atoms with Crippen LogP contribution in [0.2, 0.25) is 0 Å². The highest BCUT2D eigenvalue weighted by atomic mass is 32.1. The molecule has 0 aliphatic heterocycles. The van der Waals surface area contributed by atoms with E-state index in [1.807, 2.05) is 17.5 Å². The first-order chi connectivity index (χ1) is 9.72. The van der Waals surface area contributed by atoms with Crippen molar-refractivity contribution >= 4 is 11.3 Å². The third kappa shape index (κ3) is 2.77. The summed E-state index contributed by atoms with van der Waals surface area (Å²) in [4.78, 5) is 5.47. The molecule has 1 aromatic carbocycles. The van der Waals surface area contributed by atoms with Crippen LogP contribution in [0.3, 0.4) is 0 Å². The monoisotopic (exact) mass is 288 g/mol. The molecular weight excluding hydrogens is 276 g/mol. The molecule has 2 aromatic heterocycles. The van der Waals surface area contributed by atoms with Crippen molar-refractivity contribution in [1.29, 1.82) is 0 Å². The maximum Gasteiger partial charge on any atom is 0.232 e. The summed E-state index contributed by atoms with van der Waals surface area (Å²) in [5.74, 6) is 0.983. The summed E-state index contributed by atoms with van der Waals surface area (Å²) in [6.07, 6.45) is -0.903. The van der Waals surface area contributed by atoms with E-state index < -0.39 is 6.29 Å². The van der Waals surface area contributed by atoms with Gasteiger partial charge in [0.1, 0.15) is 0 Å². The Labute approximate surface area is 119 Å². The van der Waals surface area contributed by atoms with Crippen molar-refractivity contribution in [1.82, 2.24) is 10.1 Å². The van der Waals surface area contributed by atoms with Gasteiger partial charge in [0, 0.05) is 16.0 Å². The van der Waals surface area contributed by atoms with Gasteiger partial charge in [-0.3, -0.25) is 0 Å². The summed E-state index contributed by atoms with van der Waals surface area (Å²) < 4.78 is 5.21. The van der Waals surface area contributed by atoms with E-state index in [9.17, 15) is 0 Å². The number of nitrogens with zero attached hydrogens (tertiary/aromatic N) is 2. The van der Waals surface area contributed by atoms with Crippen LogP contribution in [-0.4, -0.2) is 20.4 Å². The molecule has 102 valence electrons. The second kappa shape index (κ2) is 5.54. The molecule has 0 saturated heterocycles. The van der Waals surface area contributed by atoms with Crippen LogP contribution < -0.4 is 0 Å². The van der Waals surface area contributed by atoms with Gasteiger partial charge in [-0.05, 0) is 17.5 Å². The topological polar surface area (TPSA) is 79.4 Å². The lowest BCUT2D eigenvalue weighted by Crippen LogP contribution is -1.95. The molecule has 0 spiro atoms. The van der Waals surface area contributed by atoms with Crippen LogP contribution in [0.1, 0.15) is 22.6 Å². The molecule has 0 radical (unpaired) electrons. The number of hydrogen-bond donors (Lipinski definition) is 2. The maximum absolute atomic E-state index is 9.16. The summed E-state index contributed by atoms with van der Waals surface area (Å²) in [6, 6.07) is 10.8. The van der Waals surface area contributed by atoms with Gasteiger partial charge in [-0.25, -0.2) is 0 Å². The van der Waals surface area contributed by atoms with Crippen LogP contribution in [0.4, 0.5) is 0 Å². The average molecular weight is 288 g/mol.